The Hall–Kier alpha value is -1.77. The smallest absolute Gasteiger partial charge is 0.244 e. The van der Waals surface area contributed by atoms with E-state index in [2.05, 4.69) is 95.4 Å². The number of hydrogen-bond acceptors (Lipinski definition) is 1. The normalized spacial score (nSPS) is 12.9. The van der Waals surface area contributed by atoms with Gasteiger partial charge in [0.1, 0.15) is 24.7 Å². The van der Waals surface area contributed by atoms with Gasteiger partial charge in [-0.15, -0.1) is 0 Å². The molecule has 2 rings (SSSR count). The molecule has 132 valence electrons. The molecule has 0 unspecified atom stereocenters. The van der Waals surface area contributed by atoms with Crippen LogP contribution in [-0.2, 0) is 17.4 Å². The lowest BCUT2D eigenvalue weighted by atomic mass is 9.79. The first kappa shape index (κ1) is 18.6. The Labute approximate surface area is 147 Å². The molecule has 1 heterocycles. The molecule has 1 N–H and O–H groups in total. The van der Waals surface area contributed by atoms with E-state index >= 15 is 0 Å². The number of aromatic nitrogens is 2. The van der Waals surface area contributed by atoms with Crippen molar-refractivity contribution in [3.05, 3.63) is 47.5 Å². The second-order valence-corrected chi connectivity index (χ2v) is 9.16. The van der Waals surface area contributed by atoms with E-state index in [0.29, 0.717) is 18.3 Å². The number of aromatic hydroxyl groups is 1. The average molecular weight is 330 g/mol. The molecule has 24 heavy (non-hydrogen) atoms. The van der Waals surface area contributed by atoms with Crippen molar-refractivity contribution < 1.29 is 9.67 Å². The fourth-order valence-electron chi connectivity index (χ4n) is 2.83. The van der Waals surface area contributed by atoms with E-state index in [-0.39, 0.29) is 10.8 Å². The number of phenolic OH excluding ortho intramolecular Hbond substituents is 1. The van der Waals surface area contributed by atoms with Gasteiger partial charge in [-0.25, -0.2) is 9.13 Å². The molecule has 1 aromatic heterocycles. The zero-order valence-corrected chi connectivity index (χ0v) is 16.5. The van der Waals surface area contributed by atoms with Gasteiger partial charge in [-0.3, -0.25) is 0 Å². The van der Waals surface area contributed by atoms with Crippen LogP contribution in [0.25, 0.3) is 0 Å². The quantitative estimate of drug-likeness (QED) is 0.812. The summed E-state index contributed by atoms with van der Waals surface area (Å²) in [5.41, 5.74) is 3.24. The first-order valence-electron chi connectivity index (χ1n) is 8.83. The summed E-state index contributed by atoms with van der Waals surface area (Å²) in [5, 5.41) is 10.9. The second-order valence-electron chi connectivity index (χ2n) is 9.16. The maximum absolute atomic E-state index is 10.9. The van der Waals surface area contributed by atoms with Gasteiger partial charge in [-0.1, -0.05) is 47.6 Å². The van der Waals surface area contributed by atoms with Crippen LogP contribution >= 0.6 is 0 Å². The van der Waals surface area contributed by atoms with Gasteiger partial charge in [0.05, 0.1) is 6.04 Å². The number of nitrogens with zero attached hydrogens (tertiary/aromatic N) is 2. The minimum atomic E-state index is -0.0887. The van der Waals surface area contributed by atoms with E-state index in [1.165, 1.54) is 5.56 Å². The van der Waals surface area contributed by atoms with Crippen molar-refractivity contribution >= 4 is 0 Å². The van der Waals surface area contributed by atoms with E-state index in [1.54, 1.807) is 0 Å². The molecule has 0 saturated carbocycles. The molecule has 0 saturated heterocycles. The Kier molecular flexibility index (Phi) is 4.85. The second kappa shape index (κ2) is 6.27. The highest BCUT2D eigenvalue weighted by Gasteiger charge is 2.25. The fourth-order valence-corrected chi connectivity index (χ4v) is 2.83. The standard InChI is InChI=1S/C21H32N2O/c1-15(2)23-10-9-22(14-23)13-16-11-17(20(3,4)5)12-18(19(16)24)21(6,7)8/h9-12,14-15H,13H2,1-8H3/p+1. The van der Waals surface area contributed by atoms with Crippen LogP contribution in [0, 0.1) is 0 Å². The zero-order valence-electron chi connectivity index (χ0n) is 16.5. The summed E-state index contributed by atoms with van der Waals surface area (Å²) in [6.45, 7) is 18.1. The van der Waals surface area contributed by atoms with Gasteiger partial charge in [0.25, 0.3) is 0 Å². The van der Waals surface area contributed by atoms with Crippen LogP contribution in [0.2, 0.25) is 0 Å². The molecule has 0 fully saturated rings. The van der Waals surface area contributed by atoms with E-state index in [0.717, 1.165) is 11.1 Å². The molecule has 0 aliphatic heterocycles. The molecule has 0 radical (unpaired) electrons. The Balaban J connectivity index is 2.51. The van der Waals surface area contributed by atoms with Crippen molar-refractivity contribution in [1.82, 2.24) is 4.57 Å². The van der Waals surface area contributed by atoms with Gasteiger partial charge in [0, 0.05) is 5.56 Å². The summed E-state index contributed by atoms with van der Waals surface area (Å²) < 4.78 is 4.31. The van der Waals surface area contributed by atoms with Crippen molar-refractivity contribution in [2.45, 2.75) is 78.8 Å². The lowest BCUT2D eigenvalue weighted by Crippen LogP contribution is -2.32. The molecule has 1 aromatic carbocycles. The summed E-state index contributed by atoms with van der Waals surface area (Å²) in [4.78, 5) is 0. The average Bonchev–Trinajstić information content (AvgIpc) is 2.87. The van der Waals surface area contributed by atoms with Gasteiger partial charge < -0.3 is 5.11 Å². The first-order chi connectivity index (χ1) is 10.9. The van der Waals surface area contributed by atoms with Crippen LogP contribution in [0.1, 0.15) is 78.1 Å². The molecular formula is C21H33N2O+. The number of phenols is 1. The van der Waals surface area contributed by atoms with Gasteiger partial charge >= 0.3 is 0 Å². The van der Waals surface area contributed by atoms with Crippen LogP contribution in [0.3, 0.4) is 0 Å². The third kappa shape index (κ3) is 4.00. The zero-order chi connectivity index (χ0) is 18.3. The summed E-state index contributed by atoms with van der Waals surface area (Å²) in [7, 11) is 0. The van der Waals surface area contributed by atoms with Crippen molar-refractivity contribution in [2.75, 3.05) is 0 Å². The Morgan fingerprint density at radius 2 is 1.67 bits per heavy atom. The number of imidazole rings is 1. The summed E-state index contributed by atoms with van der Waals surface area (Å²) in [6.07, 6.45) is 6.25. The molecule has 0 amide bonds. The first-order valence-corrected chi connectivity index (χ1v) is 8.83. The highest BCUT2D eigenvalue weighted by molar-refractivity contribution is 5.48. The maximum Gasteiger partial charge on any atom is 0.244 e. The predicted molar refractivity (Wildman–Crippen MR) is 99.6 cm³/mol. The highest BCUT2D eigenvalue weighted by atomic mass is 16.3. The fraction of sp³-hybridized carbons (Fsp3) is 0.571. The van der Waals surface area contributed by atoms with Crippen LogP contribution in [0.4, 0.5) is 0 Å². The molecule has 0 spiro atoms. The van der Waals surface area contributed by atoms with E-state index in [4.69, 9.17) is 0 Å². The van der Waals surface area contributed by atoms with Gasteiger partial charge in [0.2, 0.25) is 6.33 Å². The molecular weight excluding hydrogens is 296 g/mol. The number of benzene rings is 1. The summed E-state index contributed by atoms with van der Waals surface area (Å²) in [5.74, 6) is 0.431. The lowest BCUT2D eigenvalue weighted by molar-refractivity contribution is -0.688. The van der Waals surface area contributed by atoms with Crippen LogP contribution in [0.5, 0.6) is 5.75 Å². The van der Waals surface area contributed by atoms with Crippen molar-refractivity contribution in [3.8, 4) is 5.75 Å². The molecule has 3 heteroatoms. The largest absolute Gasteiger partial charge is 0.507 e. The summed E-state index contributed by atoms with van der Waals surface area (Å²) in [6, 6.07) is 4.76. The van der Waals surface area contributed by atoms with Gasteiger partial charge in [0.15, 0.2) is 0 Å². The number of hydrogen-bond donors (Lipinski definition) is 1. The minimum absolute atomic E-state index is 0.0526. The third-order valence-electron chi connectivity index (χ3n) is 4.52. The minimum Gasteiger partial charge on any atom is -0.507 e. The van der Waals surface area contributed by atoms with Gasteiger partial charge in [-0.2, -0.15) is 0 Å². The van der Waals surface area contributed by atoms with Crippen molar-refractivity contribution in [2.24, 2.45) is 0 Å². The third-order valence-corrected chi connectivity index (χ3v) is 4.52. The number of rotatable bonds is 3. The molecule has 0 bridgehead atoms. The maximum atomic E-state index is 10.9. The Morgan fingerprint density at radius 3 is 2.12 bits per heavy atom. The molecule has 0 aliphatic rings. The van der Waals surface area contributed by atoms with E-state index in [9.17, 15) is 5.11 Å². The van der Waals surface area contributed by atoms with Crippen LogP contribution in [0.15, 0.2) is 30.9 Å². The molecule has 0 aliphatic carbocycles. The topological polar surface area (TPSA) is 29.0 Å². The monoisotopic (exact) mass is 329 g/mol. The summed E-state index contributed by atoms with van der Waals surface area (Å²) >= 11 is 0. The SMILES string of the molecule is CC(C)n1cc[n+](Cc2cc(C(C)(C)C)cc(C(C)(C)C)c2O)c1. The molecule has 2 aromatic rings. The van der Waals surface area contributed by atoms with Crippen LogP contribution in [-0.4, -0.2) is 9.67 Å². The molecule has 0 atom stereocenters. The van der Waals surface area contributed by atoms with Gasteiger partial charge in [-0.05, 0) is 41.9 Å². The van der Waals surface area contributed by atoms with E-state index in [1.807, 2.05) is 0 Å². The Bertz CT molecular complexity index is 712. The van der Waals surface area contributed by atoms with Crippen LogP contribution < -0.4 is 4.57 Å². The van der Waals surface area contributed by atoms with Crippen molar-refractivity contribution in [1.29, 1.82) is 0 Å². The molecule has 3 nitrogen and oxygen atoms in total. The predicted octanol–water partition coefficient (Wildman–Crippen LogP) is 4.71. The Morgan fingerprint density at radius 1 is 1.04 bits per heavy atom. The van der Waals surface area contributed by atoms with Crippen molar-refractivity contribution in [3.63, 3.8) is 0 Å². The highest BCUT2D eigenvalue weighted by Crippen LogP contribution is 2.37. The van der Waals surface area contributed by atoms with E-state index < -0.39 is 0 Å². The lowest BCUT2D eigenvalue weighted by Gasteiger charge is -2.27.